The van der Waals surface area contributed by atoms with Gasteiger partial charge in [-0.2, -0.15) is 0 Å². The Hall–Kier alpha value is -1.80. The van der Waals surface area contributed by atoms with Crippen LogP contribution in [0.5, 0.6) is 0 Å². The molecule has 2 heteroatoms. The highest BCUT2D eigenvalue weighted by molar-refractivity contribution is 5.64. The fraction of sp³-hybridized carbons (Fsp3) is 0.400. The number of quaternary nitrogens is 1. The summed E-state index contributed by atoms with van der Waals surface area (Å²) >= 11 is 0. The smallest absolute Gasteiger partial charge is 0.159 e. The van der Waals surface area contributed by atoms with Gasteiger partial charge in [-0.05, 0) is 50.5 Å². The first-order valence-electron chi connectivity index (χ1n) is 8.03. The molecule has 2 nitrogen and oxygen atoms in total. The predicted molar refractivity (Wildman–Crippen MR) is 96.5 cm³/mol. The maximum absolute atomic E-state index is 2.42. The van der Waals surface area contributed by atoms with Gasteiger partial charge in [-0.25, -0.2) is 0 Å². The van der Waals surface area contributed by atoms with Crippen molar-refractivity contribution in [2.75, 3.05) is 25.7 Å². The molecular weight excluding hydrogens is 268 g/mol. The van der Waals surface area contributed by atoms with Gasteiger partial charge in [0.25, 0.3) is 0 Å². The molecule has 116 valence electrons. The number of benzene rings is 2. The standard InChI is InChI=1S/C20H27N2/c1-14-7-15(2)11-19(10-14)22(6)12-18-9-16(3)8-17(4)20(18)21(5)13-22/h7-11H,12-13H2,1-6H3/q+1. The lowest BCUT2D eigenvalue weighted by Crippen LogP contribution is -2.54. The quantitative estimate of drug-likeness (QED) is 0.702. The van der Waals surface area contributed by atoms with E-state index in [1.54, 1.807) is 0 Å². The van der Waals surface area contributed by atoms with Gasteiger partial charge in [0.2, 0.25) is 0 Å². The van der Waals surface area contributed by atoms with E-state index in [0.717, 1.165) is 17.7 Å². The van der Waals surface area contributed by atoms with Gasteiger partial charge in [-0.15, -0.1) is 0 Å². The first-order valence-corrected chi connectivity index (χ1v) is 8.03. The van der Waals surface area contributed by atoms with E-state index in [1.807, 2.05) is 0 Å². The Kier molecular flexibility index (Phi) is 3.53. The molecule has 3 rings (SSSR count). The van der Waals surface area contributed by atoms with Crippen molar-refractivity contribution in [3.63, 3.8) is 0 Å². The summed E-state index contributed by atoms with van der Waals surface area (Å²) in [5.74, 6) is 0. The maximum Gasteiger partial charge on any atom is 0.159 e. The molecule has 0 radical (unpaired) electrons. The fourth-order valence-electron chi connectivity index (χ4n) is 4.11. The van der Waals surface area contributed by atoms with Crippen molar-refractivity contribution >= 4 is 11.4 Å². The van der Waals surface area contributed by atoms with E-state index < -0.39 is 0 Å². The number of hydrogen-bond donors (Lipinski definition) is 0. The predicted octanol–water partition coefficient (Wildman–Crippen LogP) is 4.46. The fourth-order valence-corrected chi connectivity index (χ4v) is 4.11. The Morgan fingerprint density at radius 2 is 1.45 bits per heavy atom. The molecule has 0 saturated carbocycles. The molecule has 0 aliphatic carbocycles. The molecule has 0 amide bonds. The topological polar surface area (TPSA) is 3.24 Å². The average molecular weight is 295 g/mol. The zero-order chi connectivity index (χ0) is 16.1. The average Bonchev–Trinajstić information content (AvgIpc) is 2.35. The van der Waals surface area contributed by atoms with Crippen molar-refractivity contribution in [1.82, 2.24) is 4.48 Å². The lowest BCUT2D eigenvalue weighted by atomic mass is 9.99. The Balaban J connectivity index is 2.10. The third-order valence-electron chi connectivity index (χ3n) is 4.78. The minimum absolute atomic E-state index is 0.939. The Bertz CT molecular complexity index is 712. The van der Waals surface area contributed by atoms with E-state index in [0.29, 0.717) is 0 Å². The van der Waals surface area contributed by atoms with Crippen LogP contribution in [0.1, 0.15) is 27.8 Å². The van der Waals surface area contributed by atoms with Gasteiger partial charge < -0.3 is 4.90 Å². The maximum atomic E-state index is 2.42. The van der Waals surface area contributed by atoms with Gasteiger partial charge in [0.05, 0.1) is 12.7 Å². The highest BCUT2D eigenvalue weighted by Gasteiger charge is 2.34. The normalized spacial score (nSPS) is 20.9. The van der Waals surface area contributed by atoms with Gasteiger partial charge in [0, 0.05) is 24.7 Å². The number of fused-ring (bicyclic) bond motifs is 1. The van der Waals surface area contributed by atoms with Gasteiger partial charge in [0.15, 0.2) is 6.67 Å². The van der Waals surface area contributed by atoms with Crippen LogP contribution in [0.2, 0.25) is 0 Å². The summed E-state index contributed by atoms with van der Waals surface area (Å²) in [7, 11) is 4.57. The van der Waals surface area contributed by atoms with Gasteiger partial charge >= 0.3 is 0 Å². The molecule has 0 aromatic heterocycles. The van der Waals surface area contributed by atoms with E-state index in [9.17, 15) is 0 Å². The second kappa shape index (κ2) is 5.13. The molecule has 0 saturated heterocycles. The summed E-state index contributed by atoms with van der Waals surface area (Å²) in [6.45, 7) is 10.9. The molecule has 1 heterocycles. The number of hydrogen-bond acceptors (Lipinski definition) is 1. The molecule has 1 unspecified atom stereocenters. The van der Waals surface area contributed by atoms with Crippen molar-refractivity contribution in [2.45, 2.75) is 34.2 Å². The molecule has 0 bridgehead atoms. The molecular formula is C20H27N2+. The largest absolute Gasteiger partial charge is 0.327 e. The van der Waals surface area contributed by atoms with Crippen LogP contribution in [-0.2, 0) is 6.54 Å². The van der Waals surface area contributed by atoms with Gasteiger partial charge in [-0.3, -0.25) is 4.48 Å². The van der Waals surface area contributed by atoms with Crippen LogP contribution in [0.15, 0.2) is 30.3 Å². The number of aryl methyl sites for hydroxylation is 4. The van der Waals surface area contributed by atoms with E-state index in [-0.39, 0.29) is 0 Å². The van der Waals surface area contributed by atoms with Crippen molar-refractivity contribution in [3.8, 4) is 0 Å². The third kappa shape index (κ3) is 2.52. The summed E-state index contributed by atoms with van der Waals surface area (Å²) in [5, 5.41) is 0. The van der Waals surface area contributed by atoms with Crippen molar-refractivity contribution < 1.29 is 0 Å². The van der Waals surface area contributed by atoms with Crippen molar-refractivity contribution in [1.29, 1.82) is 0 Å². The van der Waals surface area contributed by atoms with Crippen molar-refractivity contribution in [3.05, 3.63) is 58.1 Å². The van der Waals surface area contributed by atoms with Crippen molar-refractivity contribution in [2.24, 2.45) is 0 Å². The SMILES string of the molecule is Cc1cc(C)cc([N+]2(C)Cc3cc(C)cc(C)c3N(C)C2)c1. The summed E-state index contributed by atoms with van der Waals surface area (Å²) in [5.41, 5.74) is 9.75. The zero-order valence-electron chi connectivity index (χ0n) is 14.7. The van der Waals surface area contributed by atoms with Crippen LogP contribution in [-0.4, -0.2) is 20.8 Å². The zero-order valence-corrected chi connectivity index (χ0v) is 14.7. The molecule has 1 atom stereocenters. The first-order chi connectivity index (χ1) is 10.3. The summed E-state index contributed by atoms with van der Waals surface area (Å²) in [6.07, 6.45) is 0. The molecule has 0 spiro atoms. The summed E-state index contributed by atoms with van der Waals surface area (Å²) in [6, 6.07) is 11.6. The van der Waals surface area contributed by atoms with E-state index in [2.05, 4.69) is 77.0 Å². The van der Waals surface area contributed by atoms with Crippen LogP contribution < -0.4 is 9.38 Å². The second-order valence-corrected chi connectivity index (χ2v) is 7.33. The van der Waals surface area contributed by atoms with E-state index >= 15 is 0 Å². The van der Waals surface area contributed by atoms with Gasteiger partial charge in [0.1, 0.15) is 12.2 Å². The molecule has 22 heavy (non-hydrogen) atoms. The molecule has 1 aliphatic heterocycles. The van der Waals surface area contributed by atoms with Crippen LogP contribution >= 0.6 is 0 Å². The minimum Gasteiger partial charge on any atom is -0.327 e. The summed E-state index contributed by atoms with van der Waals surface area (Å²) in [4.78, 5) is 2.42. The number of nitrogens with zero attached hydrogens (tertiary/aromatic N) is 2. The van der Waals surface area contributed by atoms with Gasteiger partial charge in [-0.1, -0.05) is 17.7 Å². The third-order valence-corrected chi connectivity index (χ3v) is 4.78. The molecule has 2 aromatic carbocycles. The van der Waals surface area contributed by atoms with E-state index in [1.165, 1.54) is 39.2 Å². The Labute approximate surface area is 134 Å². The van der Waals surface area contributed by atoms with Crippen LogP contribution in [0, 0.1) is 27.7 Å². The molecule has 2 aromatic rings. The van der Waals surface area contributed by atoms with Crippen LogP contribution in [0.4, 0.5) is 11.4 Å². The first kappa shape index (κ1) is 15.1. The Morgan fingerprint density at radius 3 is 2.09 bits per heavy atom. The highest BCUT2D eigenvalue weighted by Crippen LogP contribution is 2.37. The molecule has 0 fully saturated rings. The van der Waals surface area contributed by atoms with Crippen LogP contribution in [0.25, 0.3) is 0 Å². The second-order valence-electron chi connectivity index (χ2n) is 7.33. The lowest BCUT2D eigenvalue weighted by molar-refractivity contribution is 0.310. The number of rotatable bonds is 1. The van der Waals surface area contributed by atoms with Crippen LogP contribution in [0.3, 0.4) is 0 Å². The number of anilines is 1. The molecule has 0 N–H and O–H groups in total. The summed E-state index contributed by atoms with van der Waals surface area (Å²) < 4.78 is 0.939. The highest BCUT2D eigenvalue weighted by atomic mass is 15.4. The minimum atomic E-state index is 0.939. The Morgan fingerprint density at radius 1 is 0.864 bits per heavy atom. The molecule has 1 aliphatic rings. The lowest BCUT2D eigenvalue weighted by Gasteiger charge is -2.43. The monoisotopic (exact) mass is 295 g/mol. The van der Waals surface area contributed by atoms with E-state index in [4.69, 9.17) is 0 Å².